The number of fused-ring (bicyclic) bond motifs is 1. The molecule has 0 spiro atoms. The molecule has 0 saturated carbocycles. The van der Waals surface area contributed by atoms with Gasteiger partial charge < -0.3 is 8.97 Å². The topological polar surface area (TPSA) is 35.1 Å². The molecule has 0 aliphatic rings. The van der Waals surface area contributed by atoms with Gasteiger partial charge in [0, 0.05) is 31.2 Å². The molecule has 0 radical (unpaired) electrons. The molecule has 3 heterocycles. The zero-order chi connectivity index (χ0) is 15.8. The van der Waals surface area contributed by atoms with Gasteiger partial charge in [-0.1, -0.05) is 36.4 Å². The summed E-state index contributed by atoms with van der Waals surface area (Å²) in [4.78, 5) is 9.41. The maximum Gasteiger partial charge on any atom is 0.137 e. The number of hydrogen-bond donors (Lipinski definition) is 1. The van der Waals surface area contributed by atoms with Crippen molar-refractivity contribution >= 4 is 18.3 Å². The molecule has 0 N–H and O–H groups in total. The first kappa shape index (κ1) is 14.1. The van der Waals surface area contributed by atoms with E-state index in [4.69, 9.17) is 17.6 Å². The molecule has 23 heavy (non-hydrogen) atoms. The quantitative estimate of drug-likeness (QED) is 0.583. The second kappa shape index (κ2) is 5.59. The van der Waals surface area contributed by atoms with Crippen molar-refractivity contribution in [1.29, 1.82) is 0 Å². The van der Waals surface area contributed by atoms with Crippen LogP contribution in [0.4, 0.5) is 0 Å². The largest absolute Gasteiger partial charge is 0.336 e. The maximum absolute atomic E-state index is 4.76. The number of rotatable bonds is 3. The van der Waals surface area contributed by atoms with Crippen molar-refractivity contribution in [3.63, 3.8) is 0 Å². The molecule has 0 bridgehead atoms. The predicted octanol–water partition coefficient (Wildman–Crippen LogP) is 3.75. The highest BCUT2D eigenvalue weighted by atomic mass is 32.1. The zero-order valence-corrected chi connectivity index (χ0v) is 13.6. The molecule has 0 saturated heterocycles. The fourth-order valence-corrected chi connectivity index (χ4v) is 3.07. The van der Waals surface area contributed by atoms with Gasteiger partial charge in [-0.05, 0) is 12.1 Å². The van der Waals surface area contributed by atoms with Crippen LogP contribution < -0.4 is 0 Å². The van der Waals surface area contributed by atoms with E-state index in [2.05, 4.69) is 17.1 Å². The van der Waals surface area contributed by atoms with Gasteiger partial charge in [0.05, 0.1) is 11.4 Å². The summed E-state index contributed by atoms with van der Waals surface area (Å²) < 4.78 is 4.02. The highest BCUT2D eigenvalue weighted by Crippen LogP contribution is 2.29. The van der Waals surface area contributed by atoms with E-state index in [1.54, 1.807) is 0 Å². The highest BCUT2D eigenvalue weighted by Gasteiger charge is 2.19. The monoisotopic (exact) mass is 320 g/mol. The van der Waals surface area contributed by atoms with E-state index in [1.165, 1.54) is 0 Å². The summed E-state index contributed by atoms with van der Waals surface area (Å²) in [5, 5.41) is -0.169. The summed E-state index contributed by atoms with van der Waals surface area (Å²) >= 11 is 4.76. The third-order valence-corrected chi connectivity index (χ3v) is 4.38. The Kier molecular flexibility index (Phi) is 3.42. The third kappa shape index (κ3) is 2.53. The number of thiol groups is 1. The van der Waals surface area contributed by atoms with Crippen molar-refractivity contribution in [2.24, 2.45) is 7.05 Å². The van der Waals surface area contributed by atoms with E-state index in [-0.39, 0.29) is 5.25 Å². The second-order valence-corrected chi connectivity index (χ2v) is 6.01. The fourth-order valence-electron chi connectivity index (χ4n) is 2.70. The number of imidazole rings is 2. The lowest BCUT2D eigenvalue weighted by atomic mass is 10.2. The molecule has 114 valence electrons. The molecule has 0 amide bonds. The number of nitrogens with zero attached hydrogens (tertiary/aromatic N) is 4. The van der Waals surface area contributed by atoms with E-state index >= 15 is 0 Å². The first-order valence-electron chi connectivity index (χ1n) is 7.43. The average Bonchev–Trinajstić information content (AvgIpc) is 3.18. The number of pyridine rings is 1. The number of aryl methyl sites for hydroxylation is 1. The van der Waals surface area contributed by atoms with Gasteiger partial charge in [-0.3, -0.25) is 0 Å². The van der Waals surface area contributed by atoms with Crippen molar-refractivity contribution in [3.05, 3.63) is 78.6 Å². The van der Waals surface area contributed by atoms with E-state index in [9.17, 15) is 0 Å². The molecular formula is C18H16N4S. The Balaban J connectivity index is 1.73. The molecule has 0 aliphatic heterocycles. The van der Waals surface area contributed by atoms with Crippen LogP contribution in [0.15, 0.2) is 67.1 Å². The molecule has 1 unspecified atom stereocenters. The number of hydrogen-bond acceptors (Lipinski definition) is 3. The minimum Gasteiger partial charge on any atom is -0.336 e. The molecular weight excluding hydrogens is 304 g/mol. The van der Waals surface area contributed by atoms with Crippen molar-refractivity contribution in [2.45, 2.75) is 5.25 Å². The van der Waals surface area contributed by atoms with E-state index < -0.39 is 0 Å². The molecule has 4 aromatic rings. The Morgan fingerprint density at radius 2 is 1.74 bits per heavy atom. The Labute approximate surface area is 139 Å². The van der Waals surface area contributed by atoms with Crippen molar-refractivity contribution in [2.75, 3.05) is 0 Å². The first-order chi connectivity index (χ1) is 11.2. The average molecular weight is 320 g/mol. The molecule has 4 rings (SSSR count). The van der Waals surface area contributed by atoms with Gasteiger partial charge in [0.25, 0.3) is 0 Å². The van der Waals surface area contributed by atoms with Crippen LogP contribution >= 0.6 is 12.6 Å². The van der Waals surface area contributed by atoms with Gasteiger partial charge in [0.15, 0.2) is 0 Å². The minimum absolute atomic E-state index is 0.169. The molecule has 0 fully saturated rings. The summed E-state index contributed by atoms with van der Waals surface area (Å²) in [6.45, 7) is 0. The second-order valence-electron chi connectivity index (χ2n) is 5.50. The number of aromatic nitrogens is 4. The molecule has 1 atom stereocenters. The van der Waals surface area contributed by atoms with Crippen molar-refractivity contribution in [3.8, 4) is 11.3 Å². The smallest absolute Gasteiger partial charge is 0.137 e. The van der Waals surface area contributed by atoms with Gasteiger partial charge >= 0.3 is 0 Å². The van der Waals surface area contributed by atoms with Crippen LogP contribution in [0.2, 0.25) is 0 Å². The SMILES string of the molecule is Cn1cc(-c2ccccc2)nc1C(S)c1cn2ccccc2n1. The maximum atomic E-state index is 4.76. The van der Waals surface area contributed by atoms with Gasteiger partial charge in [0.2, 0.25) is 0 Å². The lowest BCUT2D eigenvalue weighted by molar-refractivity contribution is 0.807. The normalized spacial score (nSPS) is 12.6. The predicted molar refractivity (Wildman–Crippen MR) is 94.7 cm³/mol. The molecule has 4 nitrogen and oxygen atoms in total. The van der Waals surface area contributed by atoms with Gasteiger partial charge in [-0.2, -0.15) is 12.6 Å². The molecule has 1 aromatic carbocycles. The van der Waals surface area contributed by atoms with E-state index in [0.29, 0.717) is 0 Å². The Bertz CT molecular complexity index is 922. The molecule has 3 aromatic heterocycles. The Hall–Kier alpha value is -2.53. The van der Waals surface area contributed by atoms with E-state index in [0.717, 1.165) is 28.4 Å². The first-order valence-corrected chi connectivity index (χ1v) is 7.94. The van der Waals surface area contributed by atoms with Gasteiger partial charge in [0.1, 0.15) is 16.7 Å². The van der Waals surface area contributed by atoms with Gasteiger partial charge in [-0.15, -0.1) is 0 Å². The lowest BCUT2D eigenvalue weighted by Gasteiger charge is -2.07. The standard InChI is InChI=1S/C18H16N4S/c1-21-11-14(13-7-3-2-4-8-13)20-18(21)17(23)15-12-22-10-6-5-9-16(22)19-15/h2-12,17,23H,1H3. The minimum atomic E-state index is -0.169. The van der Waals surface area contributed by atoms with Gasteiger partial charge in [-0.25, -0.2) is 9.97 Å². The van der Waals surface area contributed by atoms with Crippen LogP contribution in [0, 0.1) is 0 Å². The summed E-state index contributed by atoms with van der Waals surface area (Å²) in [6, 6.07) is 16.1. The molecule has 5 heteroatoms. The Morgan fingerprint density at radius 3 is 2.52 bits per heavy atom. The summed E-state index contributed by atoms with van der Waals surface area (Å²) in [6.07, 6.45) is 6.02. The van der Waals surface area contributed by atoms with Crippen molar-refractivity contribution < 1.29 is 0 Å². The van der Waals surface area contributed by atoms with E-state index in [1.807, 2.05) is 71.0 Å². The summed E-state index contributed by atoms with van der Waals surface area (Å²) in [5.74, 6) is 0.885. The summed E-state index contributed by atoms with van der Waals surface area (Å²) in [7, 11) is 1.99. The highest BCUT2D eigenvalue weighted by molar-refractivity contribution is 7.80. The van der Waals surface area contributed by atoms with Crippen LogP contribution in [0.5, 0.6) is 0 Å². The van der Waals surface area contributed by atoms with Crippen LogP contribution in [0.3, 0.4) is 0 Å². The van der Waals surface area contributed by atoms with Crippen LogP contribution in [-0.2, 0) is 7.05 Å². The molecule has 0 aliphatic carbocycles. The third-order valence-electron chi connectivity index (χ3n) is 3.89. The van der Waals surface area contributed by atoms with Crippen LogP contribution in [-0.4, -0.2) is 18.9 Å². The van der Waals surface area contributed by atoms with Crippen molar-refractivity contribution in [1.82, 2.24) is 18.9 Å². The lowest BCUT2D eigenvalue weighted by Crippen LogP contribution is -2.02. The zero-order valence-electron chi connectivity index (χ0n) is 12.7. The fraction of sp³-hybridized carbons (Fsp3) is 0.111. The summed E-state index contributed by atoms with van der Waals surface area (Å²) in [5.41, 5.74) is 3.86. The Morgan fingerprint density at radius 1 is 0.957 bits per heavy atom. The van der Waals surface area contributed by atoms with Crippen LogP contribution in [0.1, 0.15) is 16.8 Å². The number of benzene rings is 1. The van der Waals surface area contributed by atoms with Crippen LogP contribution in [0.25, 0.3) is 16.9 Å².